The summed E-state index contributed by atoms with van der Waals surface area (Å²) in [4.78, 5) is 2.51. The lowest BCUT2D eigenvalue weighted by atomic mass is 10.2. The smallest absolute Gasteiger partial charge is 0.157 e. The van der Waals surface area contributed by atoms with E-state index in [0.29, 0.717) is 0 Å². The molecule has 6 nitrogen and oxygen atoms in total. The Hall–Kier alpha value is -0.810. The van der Waals surface area contributed by atoms with Crippen molar-refractivity contribution in [1.29, 1.82) is 0 Å². The molecule has 0 aliphatic carbocycles. The normalized spacial score (nSPS) is 36.7. The van der Waals surface area contributed by atoms with Gasteiger partial charge in [-0.15, -0.1) is 0 Å². The van der Waals surface area contributed by atoms with Crippen molar-refractivity contribution in [3.8, 4) is 0 Å². The fourth-order valence-corrected chi connectivity index (χ4v) is 0.988. The second-order valence-corrected chi connectivity index (χ2v) is 2.35. The van der Waals surface area contributed by atoms with Crippen molar-refractivity contribution in [3.63, 3.8) is 0 Å². The molecule has 0 radical (unpaired) electrons. The third-order valence-corrected chi connectivity index (χ3v) is 1.53. The second-order valence-electron chi connectivity index (χ2n) is 2.35. The Labute approximate surface area is 63.0 Å². The van der Waals surface area contributed by atoms with Crippen LogP contribution in [-0.4, -0.2) is 35.3 Å². The van der Waals surface area contributed by atoms with Gasteiger partial charge in [0.05, 0.1) is 18.8 Å². The van der Waals surface area contributed by atoms with E-state index in [0.717, 1.165) is 0 Å². The Morgan fingerprint density at radius 1 is 1.64 bits per heavy atom. The zero-order chi connectivity index (χ0) is 8.27. The number of nitrogens with zero attached hydrogens (tertiary/aromatic N) is 3. The SMILES string of the molecule is [N-]=[N+]=NC[C@H]1OC(O)C[C@@H]1O. The van der Waals surface area contributed by atoms with Crippen LogP contribution in [0.2, 0.25) is 0 Å². The van der Waals surface area contributed by atoms with Crippen LogP contribution in [0.25, 0.3) is 10.4 Å². The zero-order valence-electron chi connectivity index (χ0n) is 5.79. The first-order valence-electron chi connectivity index (χ1n) is 3.26. The lowest BCUT2D eigenvalue weighted by Gasteiger charge is -2.08. The molecule has 0 amide bonds. The minimum Gasteiger partial charge on any atom is -0.390 e. The predicted octanol–water partition coefficient (Wildman–Crippen LogP) is -0.235. The van der Waals surface area contributed by atoms with Gasteiger partial charge in [0.1, 0.15) is 0 Å². The van der Waals surface area contributed by atoms with E-state index in [4.69, 9.17) is 20.5 Å². The van der Waals surface area contributed by atoms with Crippen LogP contribution in [0.15, 0.2) is 5.11 Å². The topological polar surface area (TPSA) is 98.5 Å². The molecule has 3 atom stereocenters. The molecule has 1 unspecified atom stereocenters. The number of ether oxygens (including phenoxy) is 1. The first-order valence-corrected chi connectivity index (χ1v) is 3.26. The average molecular weight is 159 g/mol. The van der Waals surface area contributed by atoms with Crippen LogP contribution in [-0.2, 0) is 4.74 Å². The molecular formula is C5H9N3O3. The highest BCUT2D eigenvalue weighted by Crippen LogP contribution is 2.18. The van der Waals surface area contributed by atoms with E-state index < -0.39 is 18.5 Å². The molecule has 6 heteroatoms. The molecule has 0 spiro atoms. The maximum Gasteiger partial charge on any atom is 0.157 e. The summed E-state index contributed by atoms with van der Waals surface area (Å²) in [6.45, 7) is 0.0642. The molecule has 1 aliphatic heterocycles. The van der Waals surface area contributed by atoms with Gasteiger partial charge in [-0.3, -0.25) is 0 Å². The van der Waals surface area contributed by atoms with Crippen molar-refractivity contribution in [1.82, 2.24) is 0 Å². The Morgan fingerprint density at radius 2 is 2.36 bits per heavy atom. The highest BCUT2D eigenvalue weighted by Gasteiger charge is 2.31. The molecule has 62 valence electrons. The van der Waals surface area contributed by atoms with Gasteiger partial charge in [0.2, 0.25) is 0 Å². The highest BCUT2D eigenvalue weighted by molar-refractivity contribution is 4.79. The molecule has 1 fully saturated rings. The number of aliphatic hydroxyl groups is 2. The summed E-state index contributed by atoms with van der Waals surface area (Å²) in [5, 5.41) is 21.2. The number of aliphatic hydroxyl groups excluding tert-OH is 2. The summed E-state index contributed by atoms with van der Waals surface area (Å²) in [6, 6.07) is 0. The molecule has 11 heavy (non-hydrogen) atoms. The lowest BCUT2D eigenvalue weighted by molar-refractivity contribution is -0.0915. The number of hydrogen-bond acceptors (Lipinski definition) is 4. The highest BCUT2D eigenvalue weighted by atomic mass is 16.6. The Balaban J connectivity index is 2.40. The van der Waals surface area contributed by atoms with Gasteiger partial charge in [-0.1, -0.05) is 5.11 Å². The molecule has 0 aromatic carbocycles. The number of hydrogen-bond donors (Lipinski definition) is 2. The molecule has 0 aromatic rings. The van der Waals surface area contributed by atoms with Crippen LogP contribution in [0.3, 0.4) is 0 Å². The van der Waals surface area contributed by atoms with Gasteiger partial charge >= 0.3 is 0 Å². The monoisotopic (exact) mass is 159 g/mol. The molecule has 2 N–H and O–H groups in total. The Morgan fingerprint density at radius 3 is 2.82 bits per heavy atom. The van der Waals surface area contributed by atoms with Crippen LogP contribution in [0.4, 0.5) is 0 Å². The van der Waals surface area contributed by atoms with E-state index in [1.54, 1.807) is 0 Å². The van der Waals surface area contributed by atoms with Crippen molar-refractivity contribution in [2.24, 2.45) is 5.11 Å². The summed E-state index contributed by atoms with van der Waals surface area (Å²) in [5.74, 6) is 0. The molecule has 1 rings (SSSR count). The maximum atomic E-state index is 9.12. The van der Waals surface area contributed by atoms with Gasteiger partial charge in [0.15, 0.2) is 6.29 Å². The van der Waals surface area contributed by atoms with Crippen molar-refractivity contribution >= 4 is 0 Å². The molecule has 0 bridgehead atoms. The fourth-order valence-electron chi connectivity index (χ4n) is 0.988. The molecule has 1 saturated heterocycles. The first kappa shape index (κ1) is 8.29. The van der Waals surface area contributed by atoms with Crippen LogP contribution in [0, 0.1) is 0 Å². The van der Waals surface area contributed by atoms with Gasteiger partial charge < -0.3 is 14.9 Å². The third-order valence-electron chi connectivity index (χ3n) is 1.53. The summed E-state index contributed by atoms with van der Waals surface area (Å²) in [6.07, 6.45) is -2.02. The largest absolute Gasteiger partial charge is 0.390 e. The van der Waals surface area contributed by atoms with Gasteiger partial charge in [-0.05, 0) is 5.53 Å². The molecule has 1 heterocycles. The van der Waals surface area contributed by atoms with E-state index in [1.807, 2.05) is 0 Å². The zero-order valence-corrected chi connectivity index (χ0v) is 5.79. The van der Waals surface area contributed by atoms with Crippen LogP contribution < -0.4 is 0 Å². The van der Waals surface area contributed by atoms with Crippen LogP contribution >= 0.6 is 0 Å². The average Bonchev–Trinajstić information content (AvgIpc) is 2.26. The second kappa shape index (κ2) is 3.54. The summed E-state index contributed by atoms with van der Waals surface area (Å²) in [7, 11) is 0. The molecule has 0 aromatic heterocycles. The van der Waals surface area contributed by atoms with E-state index in [-0.39, 0.29) is 13.0 Å². The van der Waals surface area contributed by atoms with Crippen molar-refractivity contribution in [3.05, 3.63) is 10.4 Å². The lowest BCUT2D eigenvalue weighted by Crippen LogP contribution is -2.23. The number of azide groups is 1. The van der Waals surface area contributed by atoms with Gasteiger partial charge in [0, 0.05) is 11.3 Å². The number of rotatable bonds is 2. The van der Waals surface area contributed by atoms with E-state index in [9.17, 15) is 0 Å². The third kappa shape index (κ3) is 2.06. The summed E-state index contributed by atoms with van der Waals surface area (Å²) >= 11 is 0. The van der Waals surface area contributed by atoms with Crippen LogP contribution in [0.1, 0.15) is 6.42 Å². The van der Waals surface area contributed by atoms with Crippen LogP contribution in [0.5, 0.6) is 0 Å². The Bertz CT molecular complexity index is 180. The summed E-state index contributed by atoms with van der Waals surface area (Å²) < 4.78 is 4.82. The van der Waals surface area contributed by atoms with E-state index in [1.165, 1.54) is 0 Å². The van der Waals surface area contributed by atoms with Crippen molar-refractivity contribution in [2.75, 3.05) is 6.54 Å². The summed E-state index contributed by atoms with van der Waals surface area (Å²) in [5.41, 5.74) is 7.94. The maximum absolute atomic E-state index is 9.12. The predicted molar refractivity (Wildman–Crippen MR) is 35.5 cm³/mol. The standard InChI is InChI=1S/C5H9N3O3/c6-8-7-2-4-3(9)1-5(10)11-4/h3-5,9-10H,1-2H2/t3-,4+,5?/m0/s1. The van der Waals surface area contributed by atoms with E-state index >= 15 is 0 Å². The fraction of sp³-hybridized carbons (Fsp3) is 1.00. The van der Waals surface area contributed by atoms with Gasteiger partial charge in [-0.2, -0.15) is 0 Å². The molecule has 0 saturated carbocycles. The van der Waals surface area contributed by atoms with Crippen molar-refractivity contribution < 1.29 is 14.9 Å². The molecule has 1 aliphatic rings. The minimum absolute atomic E-state index is 0.0642. The first-order chi connectivity index (χ1) is 5.24. The Kier molecular flexibility index (Phi) is 2.67. The quantitative estimate of drug-likeness (QED) is 0.330. The minimum atomic E-state index is -0.927. The van der Waals surface area contributed by atoms with E-state index in [2.05, 4.69) is 10.0 Å². The van der Waals surface area contributed by atoms with Gasteiger partial charge in [-0.25, -0.2) is 0 Å². The molecular weight excluding hydrogens is 150 g/mol. The van der Waals surface area contributed by atoms with Gasteiger partial charge in [0.25, 0.3) is 0 Å². The van der Waals surface area contributed by atoms with Crippen molar-refractivity contribution in [2.45, 2.75) is 24.9 Å².